The van der Waals surface area contributed by atoms with Gasteiger partial charge in [0.25, 0.3) is 0 Å². The summed E-state index contributed by atoms with van der Waals surface area (Å²) in [7, 11) is 0. The Morgan fingerprint density at radius 2 is 2.35 bits per heavy atom. The minimum atomic E-state index is 0.298. The second-order valence-electron chi connectivity index (χ2n) is 5.95. The van der Waals surface area contributed by atoms with Gasteiger partial charge < -0.3 is 9.84 Å². The molecule has 2 rings (SSSR count). The lowest BCUT2D eigenvalue weighted by Crippen LogP contribution is -2.46. The molecule has 0 aliphatic carbocycles. The fourth-order valence-electron chi connectivity index (χ4n) is 2.26. The third kappa shape index (κ3) is 3.54. The largest absolute Gasteiger partial charge is 0.364 e. The summed E-state index contributed by atoms with van der Waals surface area (Å²) in [4.78, 5) is 2.47. The van der Waals surface area contributed by atoms with E-state index in [-0.39, 0.29) is 0 Å². The van der Waals surface area contributed by atoms with E-state index in [1.54, 1.807) is 6.26 Å². The topological polar surface area (TPSA) is 41.3 Å². The van der Waals surface area contributed by atoms with Crippen LogP contribution >= 0.6 is 0 Å². The Morgan fingerprint density at radius 3 is 3.00 bits per heavy atom. The zero-order chi connectivity index (χ0) is 12.3. The van der Waals surface area contributed by atoms with Crippen molar-refractivity contribution in [2.24, 2.45) is 5.41 Å². The predicted octanol–water partition coefficient (Wildman–Crippen LogP) is 1.88. The summed E-state index contributed by atoms with van der Waals surface area (Å²) in [6, 6.07) is 2.49. The highest BCUT2D eigenvalue weighted by atomic mass is 16.5. The third-order valence-corrected chi connectivity index (χ3v) is 3.40. The van der Waals surface area contributed by atoms with Crippen LogP contribution in [0.25, 0.3) is 0 Å². The normalized spacial score (nSPS) is 23.6. The van der Waals surface area contributed by atoms with E-state index in [2.05, 4.69) is 36.1 Å². The molecule has 2 heterocycles. The van der Waals surface area contributed by atoms with Crippen molar-refractivity contribution in [1.82, 2.24) is 15.4 Å². The van der Waals surface area contributed by atoms with E-state index >= 15 is 0 Å². The number of nitrogens with one attached hydrogen (secondary N) is 1. The molecule has 0 amide bonds. The van der Waals surface area contributed by atoms with Crippen molar-refractivity contribution in [1.29, 1.82) is 0 Å². The quantitative estimate of drug-likeness (QED) is 0.853. The summed E-state index contributed by atoms with van der Waals surface area (Å²) in [6.07, 6.45) is 2.84. The van der Waals surface area contributed by atoms with E-state index in [0.717, 1.165) is 31.9 Å². The maximum absolute atomic E-state index is 4.89. The predicted molar refractivity (Wildman–Crippen MR) is 67.6 cm³/mol. The Balaban J connectivity index is 1.97. The molecule has 1 fully saturated rings. The number of hydrogen-bond acceptors (Lipinski definition) is 4. The fourth-order valence-corrected chi connectivity index (χ4v) is 2.26. The van der Waals surface area contributed by atoms with Crippen molar-refractivity contribution < 1.29 is 4.52 Å². The number of nitrogens with zero attached hydrogens (tertiary/aromatic N) is 2. The molecule has 1 N–H and O–H groups in total. The zero-order valence-corrected chi connectivity index (χ0v) is 11.1. The van der Waals surface area contributed by atoms with E-state index in [9.17, 15) is 0 Å². The van der Waals surface area contributed by atoms with Gasteiger partial charge in [-0.3, -0.25) is 4.90 Å². The number of hydrogen-bond donors (Lipinski definition) is 1. The first-order valence-corrected chi connectivity index (χ1v) is 6.41. The first-order valence-electron chi connectivity index (χ1n) is 6.41. The zero-order valence-electron chi connectivity index (χ0n) is 11.1. The van der Waals surface area contributed by atoms with Gasteiger partial charge in [0.15, 0.2) is 0 Å². The maximum Gasteiger partial charge on any atom is 0.124 e. The summed E-state index contributed by atoms with van der Waals surface area (Å²) in [5, 5.41) is 7.64. The molecule has 0 bridgehead atoms. The first-order chi connectivity index (χ1) is 8.05. The van der Waals surface area contributed by atoms with Crippen LogP contribution in [-0.2, 0) is 6.54 Å². The van der Waals surface area contributed by atoms with E-state index in [1.807, 2.05) is 6.07 Å². The molecule has 1 aromatic heterocycles. The standard InChI is InChI=1S/C13H23N3O/c1-13(2,3)12-10-16(7-4-6-14-12)9-11-5-8-17-15-11/h5,8,12,14H,4,6-7,9-10H2,1-3H3. The lowest BCUT2D eigenvalue weighted by Gasteiger charge is -2.33. The molecule has 0 radical (unpaired) electrons. The van der Waals surface area contributed by atoms with Crippen LogP contribution in [0.15, 0.2) is 16.9 Å². The van der Waals surface area contributed by atoms with Crippen LogP contribution in [-0.4, -0.2) is 35.7 Å². The summed E-state index contributed by atoms with van der Waals surface area (Å²) in [5.41, 5.74) is 1.33. The first kappa shape index (κ1) is 12.6. The van der Waals surface area contributed by atoms with Crippen LogP contribution in [0.3, 0.4) is 0 Å². The highest BCUT2D eigenvalue weighted by Crippen LogP contribution is 2.22. The molecule has 0 saturated carbocycles. The van der Waals surface area contributed by atoms with Gasteiger partial charge in [0.1, 0.15) is 6.26 Å². The van der Waals surface area contributed by atoms with Crippen molar-refractivity contribution in [3.63, 3.8) is 0 Å². The van der Waals surface area contributed by atoms with Crippen molar-refractivity contribution in [3.05, 3.63) is 18.0 Å². The summed E-state index contributed by atoms with van der Waals surface area (Å²) >= 11 is 0. The van der Waals surface area contributed by atoms with E-state index in [1.165, 1.54) is 6.42 Å². The van der Waals surface area contributed by atoms with Gasteiger partial charge in [0.05, 0.1) is 5.69 Å². The third-order valence-electron chi connectivity index (χ3n) is 3.40. The molecule has 1 aliphatic heterocycles. The molecule has 1 unspecified atom stereocenters. The van der Waals surface area contributed by atoms with Crippen molar-refractivity contribution in [2.45, 2.75) is 39.8 Å². The minimum Gasteiger partial charge on any atom is -0.364 e. The molecule has 0 aromatic carbocycles. The summed E-state index contributed by atoms with van der Waals surface area (Å²) < 4.78 is 4.89. The van der Waals surface area contributed by atoms with Gasteiger partial charge >= 0.3 is 0 Å². The van der Waals surface area contributed by atoms with E-state index in [0.29, 0.717) is 11.5 Å². The molecular formula is C13H23N3O. The molecule has 17 heavy (non-hydrogen) atoms. The van der Waals surface area contributed by atoms with Crippen molar-refractivity contribution in [2.75, 3.05) is 19.6 Å². The van der Waals surface area contributed by atoms with Crippen LogP contribution in [0.4, 0.5) is 0 Å². The monoisotopic (exact) mass is 237 g/mol. The number of rotatable bonds is 2. The second-order valence-corrected chi connectivity index (χ2v) is 5.95. The maximum atomic E-state index is 4.89. The van der Waals surface area contributed by atoms with Gasteiger partial charge in [-0.2, -0.15) is 0 Å². The number of aromatic nitrogens is 1. The van der Waals surface area contributed by atoms with Gasteiger partial charge in [-0.15, -0.1) is 0 Å². The Bertz CT molecular complexity index is 329. The molecule has 1 aromatic rings. The molecule has 4 heteroatoms. The van der Waals surface area contributed by atoms with Crippen molar-refractivity contribution >= 4 is 0 Å². The molecule has 1 aliphatic rings. The van der Waals surface area contributed by atoms with Crippen LogP contribution < -0.4 is 5.32 Å². The highest BCUT2D eigenvalue weighted by Gasteiger charge is 2.28. The van der Waals surface area contributed by atoms with Crippen LogP contribution in [0.5, 0.6) is 0 Å². The van der Waals surface area contributed by atoms with Gasteiger partial charge in [-0.25, -0.2) is 0 Å². The van der Waals surface area contributed by atoms with Crippen LogP contribution in [0.1, 0.15) is 32.9 Å². The highest BCUT2D eigenvalue weighted by molar-refractivity contribution is 4.96. The lowest BCUT2D eigenvalue weighted by molar-refractivity contribution is 0.189. The summed E-state index contributed by atoms with van der Waals surface area (Å²) in [6.45, 7) is 11.1. The van der Waals surface area contributed by atoms with Crippen molar-refractivity contribution in [3.8, 4) is 0 Å². The van der Waals surface area contributed by atoms with E-state index in [4.69, 9.17) is 4.52 Å². The van der Waals surface area contributed by atoms with Crippen LogP contribution in [0.2, 0.25) is 0 Å². The lowest BCUT2D eigenvalue weighted by atomic mass is 9.86. The molecular weight excluding hydrogens is 214 g/mol. The Hall–Kier alpha value is -0.870. The molecule has 0 spiro atoms. The SMILES string of the molecule is CC(C)(C)C1CN(Cc2ccon2)CCCN1. The molecule has 4 nitrogen and oxygen atoms in total. The summed E-state index contributed by atoms with van der Waals surface area (Å²) in [5.74, 6) is 0. The molecule has 1 saturated heterocycles. The average Bonchev–Trinajstić information content (AvgIpc) is 2.61. The molecule has 1 atom stereocenters. The Labute approximate surface area is 103 Å². The van der Waals surface area contributed by atoms with Crippen LogP contribution in [0, 0.1) is 5.41 Å². The van der Waals surface area contributed by atoms with E-state index < -0.39 is 0 Å². The Kier molecular flexibility index (Phi) is 3.84. The Morgan fingerprint density at radius 1 is 1.53 bits per heavy atom. The van der Waals surface area contributed by atoms with Gasteiger partial charge in [-0.1, -0.05) is 25.9 Å². The molecule has 96 valence electrons. The van der Waals surface area contributed by atoms with Gasteiger partial charge in [0, 0.05) is 25.2 Å². The van der Waals surface area contributed by atoms with Gasteiger partial charge in [0.2, 0.25) is 0 Å². The fraction of sp³-hybridized carbons (Fsp3) is 0.769. The smallest absolute Gasteiger partial charge is 0.124 e. The minimum absolute atomic E-state index is 0.298. The average molecular weight is 237 g/mol. The van der Waals surface area contributed by atoms with Gasteiger partial charge in [-0.05, 0) is 24.9 Å². The second kappa shape index (κ2) is 5.19.